The molecule has 1 N–H and O–H groups in total. The standard InChI is InChI=1S/C12H11FO2/c13-9-6-4-8(5-7-9)12-10(14)2-1-3-11(12)15/h4-7,14H,1-3H2. The molecule has 3 heteroatoms. The number of benzene rings is 1. The van der Waals surface area contributed by atoms with E-state index >= 15 is 0 Å². The van der Waals surface area contributed by atoms with Gasteiger partial charge in [0.05, 0.1) is 5.57 Å². The maximum atomic E-state index is 12.7. The highest BCUT2D eigenvalue weighted by atomic mass is 19.1. The molecule has 1 aliphatic carbocycles. The summed E-state index contributed by atoms with van der Waals surface area (Å²) >= 11 is 0. The summed E-state index contributed by atoms with van der Waals surface area (Å²) in [6, 6.07) is 5.61. The summed E-state index contributed by atoms with van der Waals surface area (Å²) in [6.45, 7) is 0. The second-order valence-electron chi connectivity index (χ2n) is 3.61. The second-order valence-corrected chi connectivity index (χ2v) is 3.61. The zero-order chi connectivity index (χ0) is 10.8. The SMILES string of the molecule is O=C1CCCC(O)=C1c1ccc(F)cc1. The van der Waals surface area contributed by atoms with E-state index in [1.807, 2.05) is 0 Å². The average molecular weight is 206 g/mol. The fourth-order valence-corrected chi connectivity index (χ4v) is 1.77. The molecule has 0 fully saturated rings. The molecule has 2 nitrogen and oxygen atoms in total. The molecule has 15 heavy (non-hydrogen) atoms. The minimum atomic E-state index is -0.345. The van der Waals surface area contributed by atoms with E-state index in [0.717, 1.165) is 0 Å². The van der Waals surface area contributed by atoms with Crippen LogP contribution in [0.15, 0.2) is 30.0 Å². The Kier molecular flexibility index (Phi) is 2.54. The first-order chi connectivity index (χ1) is 7.18. The van der Waals surface area contributed by atoms with Crippen LogP contribution in [0.4, 0.5) is 4.39 Å². The summed E-state index contributed by atoms with van der Waals surface area (Å²) in [5, 5.41) is 9.63. The lowest BCUT2D eigenvalue weighted by Crippen LogP contribution is -2.10. The molecule has 0 aliphatic heterocycles. The Balaban J connectivity index is 2.44. The number of aliphatic hydroxyl groups is 1. The molecular weight excluding hydrogens is 195 g/mol. The third-order valence-corrected chi connectivity index (χ3v) is 2.52. The number of Topliss-reactive ketones (excluding diaryl/α,β-unsaturated/α-hetero) is 1. The molecule has 0 amide bonds. The molecule has 0 spiro atoms. The molecule has 0 unspecified atom stereocenters. The van der Waals surface area contributed by atoms with Crippen molar-refractivity contribution in [3.63, 3.8) is 0 Å². The summed E-state index contributed by atoms with van der Waals surface area (Å²) in [5.41, 5.74) is 0.944. The van der Waals surface area contributed by atoms with Gasteiger partial charge >= 0.3 is 0 Å². The smallest absolute Gasteiger partial charge is 0.166 e. The molecule has 0 saturated carbocycles. The van der Waals surface area contributed by atoms with Gasteiger partial charge in [-0.3, -0.25) is 4.79 Å². The van der Waals surface area contributed by atoms with Crippen molar-refractivity contribution in [3.8, 4) is 0 Å². The van der Waals surface area contributed by atoms with Crippen molar-refractivity contribution >= 4 is 11.4 Å². The molecular formula is C12H11FO2. The largest absolute Gasteiger partial charge is 0.512 e. The van der Waals surface area contributed by atoms with Gasteiger partial charge in [-0.25, -0.2) is 4.39 Å². The topological polar surface area (TPSA) is 37.3 Å². The fourth-order valence-electron chi connectivity index (χ4n) is 1.77. The van der Waals surface area contributed by atoms with Gasteiger partial charge < -0.3 is 5.11 Å². The van der Waals surface area contributed by atoms with E-state index in [2.05, 4.69) is 0 Å². The summed E-state index contributed by atoms with van der Waals surface area (Å²) in [7, 11) is 0. The van der Waals surface area contributed by atoms with Gasteiger partial charge in [-0.2, -0.15) is 0 Å². The van der Waals surface area contributed by atoms with Gasteiger partial charge in [0.25, 0.3) is 0 Å². The number of hydrogen-bond donors (Lipinski definition) is 1. The number of allylic oxidation sites excluding steroid dienone is 2. The summed E-state index contributed by atoms with van der Waals surface area (Å²) in [6.07, 6.45) is 1.67. The third kappa shape index (κ3) is 1.91. The first-order valence-electron chi connectivity index (χ1n) is 4.90. The lowest BCUT2D eigenvalue weighted by atomic mass is 9.91. The van der Waals surface area contributed by atoms with E-state index < -0.39 is 0 Å². The Bertz CT molecular complexity index is 418. The molecule has 0 aromatic heterocycles. The lowest BCUT2D eigenvalue weighted by Gasteiger charge is -2.14. The van der Waals surface area contributed by atoms with Crippen LogP contribution in [0.25, 0.3) is 5.57 Å². The van der Waals surface area contributed by atoms with Gasteiger partial charge in [0, 0.05) is 12.8 Å². The minimum absolute atomic E-state index is 0.0645. The molecule has 1 aromatic carbocycles. The van der Waals surface area contributed by atoms with Crippen LogP contribution in [-0.2, 0) is 4.79 Å². The van der Waals surface area contributed by atoms with Crippen molar-refractivity contribution in [2.24, 2.45) is 0 Å². The van der Waals surface area contributed by atoms with E-state index in [-0.39, 0.29) is 17.4 Å². The van der Waals surface area contributed by atoms with Gasteiger partial charge in [0.1, 0.15) is 11.6 Å². The zero-order valence-electron chi connectivity index (χ0n) is 8.16. The van der Waals surface area contributed by atoms with Crippen molar-refractivity contribution in [3.05, 3.63) is 41.4 Å². The monoisotopic (exact) mass is 206 g/mol. The Morgan fingerprint density at radius 3 is 2.40 bits per heavy atom. The molecule has 1 aliphatic rings. The second kappa shape index (κ2) is 3.85. The average Bonchev–Trinajstić information content (AvgIpc) is 2.20. The Hall–Kier alpha value is -1.64. The maximum absolute atomic E-state index is 12.7. The number of carbonyl (C=O) groups is 1. The first-order valence-corrected chi connectivity index (χ1v) is 4.90. The van der Waals surface area contributed by atoms with Crippen LogP contribution in [0.3, 0.4) is 0 Å². The van der Waals surface area contributed by atoms with Gasteiger partial charge in [-0.15, -0.1) is 0 Å². The number of carbonyl (C=O) groups excluding carboxylic acids is 1. The Morgan fingerprint density at radius 1 is 1.13 bits per heavy atom. The Morgan fingerprint density at radius 2 is 1.80 bits per heavy atom. The number of aliphatic hydroxyl groups excluding tert-OH is 1. The molecule has 0 radical (unpaired) electrons. The zero-order valence-corrected chi connectivity index (χ0v) is 8.16. The van der Waals surface area contributed by atoms with Crippen molar-refractivity contribution in [2.45, 2.75) is 19.3 Å². The van der Waals surface area contributed by atoms with Gasteiger partial charge in [0.15, 0.2) is 5.78 Å². The van der Waals surface area contributed by atoms with E-state index in [1.54, 1.807) is 0 Å². The molecule has 2 rings (SSSR count). The highest BCUT2D eigenvalue weighted by Gasteiger charge is 2.21. The van der Waals surface area contributed by atoms with Crippen molar-refractivity contribution in [1.29, 1.82) is 0 Å². The van der Waals surface area contributed by atoms with Crippen molar-refractivity contribution < 1.29 is 14.3 Å². The third-order valence-electron chi connectivity index (χ3n) is 2.52. The predicted octanol–water partition coefficient (Wildman–Crippen LogP) is 2.85. The van der Waals surface area contributed by atoms with Crippen molar-refractivity contribution in [1.82, 2.24) is 0 Å². The van der Waals surface area contributed by atoms with Gasteiger partial charge in [0.2, 0.25) is 0 Å². The highest BCUT2D eigenvalue weighted by molar-refractivity contribution is 6.21. The van der Waals surface area contributed by atoms with Gasteiger partial charge in [-0.1, -0.05) is 12.1 Å². The summed E-state index contributed by atoms with van der Waals surface area (Å²) in [5.74, 6) is -0.287. The van der Waals surface area contributed by atoms with Crippen LogP contribution in [-0.4, -0.2) is 10.9 Å². The number of halogens is 1. The van der Waals surface area contributed by atoms with E-state index in [4.69, 9.17) is 0 Å². The Labute approximate surface area is 87.0 Å². The molecule has 0 saturated heterocycles. The molecule has 1 aromatic rings. The lowest BCUT2D eigenvalue weighted by molar-refractivity contribution is -0.114. The number of rotatable bonds is 1. The normalized spacial score (nSPS) is 17.0. The fraction of sp³-hybridized carbons (Fsp3) is 0.250. The number of ketones is 1. The van der Waals surface area contributed by atoms with E-state index in [1.165, 1.54) is 24.3 Å². The van der Waals surface area contributed by atoms with Crippen LogP contribution in [0.2, 0.25) is 0 Å². The van der Waals surface area contributed by atoms with E-state index in [0.29, 0.717) is 30.4 Å². The van der Waals surface area contributed by atoms with E-state index in [9.17, 15) is 14.3 Å². The van der Waals surface area contributed by atoms with Crippen LogP contribution >= 0.6 is 0 Å². The molecule has 0 atom stereocenters. The van der Waals surface area contributed by atoms with Gasteiger partial charge in [-0.05, 0) is 24.1 Å². The minimum Gasteiger partial charge on any atom is -0.512 e. The highest BCUT2D eigenvalue weighted by Crippen LogP contribution is 2.28. The molecule has 0 heterocycles. The van der Waals surface area contributed by atoms with Crippen LogP contribution in [0.5, 0.6) is 0 Å². The molecule has 0 bridgehead atoms. The van der Waals surface area contributed by atoms with Crippen molar-refractivity contribution in [2.75, 3.05) is 0 Å². The number of hydrogen-bond acceptors (Lipinski definition) is 2. The van der Waals surface area contributed by atoms with Crippen LogP contribution in [0.1, 0.15) is 24.8 Å². The predicted molar refractivity (Wildman–Crippen MR) is 54.8 cm³/mol. The summed E-state index contributed by atoms with van der Waals surface area (Å²) < 4.78 is 12.7. The van der Waals surface area contributed by atoms with Crippen LogP contribution < -0.4 is 0 Å². The molecule has 78 valence electrons. The van der Waals surface area contributed by atoms with Crippen LogP contribution in [0, 0.1) is 5.82 Å². The quantitative estimate of drug-likeness (QED) is 0.767. The first kappa shape index (κ1) is 9.90. The summed E-state index contributed by atoms with van der Waals surface area (Å²) in [4.78, 5) is 11.6. The maximum Gasteiger partial charge on any atom is 0.166 e.